The van der Waals surface area contributed by atoms with Gasteiger partial charge in [-0.05, 0) is 19.8 Å². The number of carbonyl (C=O) groups is 3. The maximum absolute atomic E-state index is 11.9. The maximum atomic E-state index is 11.9. The number of aliphatic carboxylic acids is 1. The fourth-order valence-corrected chi connectivity index (χ4v) is 1.99. The maximum Gasteiger partial charge on any atom is 0.326 e. The molecule has 0 aromatic heterocycles. The molecule has 1 saturated heterocycles. The van der Waals surface area contributed by atoms with Crippen molar-refractivity contribution in [2.45, 2.75) is 32.7 Å². The number of hydrogen-bond acceptors (Lipinski definition) is 5. The van der Waals surface area contributed by atoms with Crippen molar-refractivity contribution in [2.75, 3.05) is 19.8 Å². The molecule has 1 aliphatic heterocycles. The molecule has 0 bridgehead atoms. The molecule has 7 heteroatoms. The highest BCUT2D eigenvalue weighted by molar-refractivity contribution is 5.85. The van der Waals surface area contributed by atoms with Gasteiger partial charge in [0.2, 0.25) is 5.91 Å². The molecule has 1 amide bonds. The van der Waals surface area contributed by atoms with Crippen LogP contribution in [0.3, 0.4) is 0 Å². The molecule has 1 aliphatic rings. The summed E-state index contributed by atoms with van der Waals surface area (Å²) >= 11 is 0. The summed E-state index contributed by atoms with van der Waals surface area (Å²) in [5.74, 6) is -2.86. The number of rotatable bonds is 7. The summed E-state index contributed by atoms with van der Waals surface area (Å²) in [5, 5.41) is 11.6. The van der Waals surface area contributed by atoms with Crippen molar-refractivity contribution in [1.29, 1.82) is 0 Å². The van der Waals surface area contributed by atoms with Crippen LogP contribution in [0.1, 0.15) is 26.7 Å². The Labute approximate surface area is 117 Å². The van der Waals surface area contributed by atoms with Crippen molar-refractivity contribution in [3.63, 3.8) is 0 Å². The Bertz CT molecular complexity index is 364. The van der Waals surface area contributed by atoms with Gasteiger partial charge in [-0.2, -0.15) is 0 Å². The topological polar surface area (TPSA) is 102 Å². The molecular weight excluding hydrogens is 266 g/mol. The van der Waals surface area contributed by atoms with E-state index in [4.69, 9.17) is 14.6 Å². The van der Waals surface area contributed by atoms with Gasteiger partial charge in [0.25, 0.3) is 0 Å². The summed E-state index contributed by atoms with van der Waals surface area (Å²) in [5.41, 5.74) is 0. The number of carbonyl (C=O) groups excluding carboxylic acids is 2. The largest absolute Gasteiger partial charge is 0.480 e. The number of carboxylic acid groups (broad SMARTS) is 1. The van der Waals surface area contributed by atoms with Gasteiger partial charge in [0.1, 0.15) is 6.04 Å². The molecule has 114 valence electrons. The number of carboxylic acids is 1. The predicted molar refractivity (Wildman–Crippen MR) is 68.9 cm³/mol. The Hall–Kier alpha value is -1.63. The van der Waals surface area contributed by atoms with Crippen molar-refractivity contribution < 1.29 is 29.0 Å². The Morgan fingerprint density at radius 2 is 2.15 bits per heavy atom. The zero-order valence-electron chi connectivity index (χ0n) is 11.8. The van der Waals surface area contributed by atoms with Crippen LogP contribution in [0.15, 0.2) is 0 Å². The number of nitrogens with one attached hydrogen (secondary N) is 1. The van der Waals surface area contributed by atoms with Crippen molar-refractivity contribution in [1.82, 2.24) is 5.32 Å². The van der Waals surface area contributed by atoms with Crippen LogP contribution >= 0.6 is 0 Å². The summed E-state index contributed by atoms with van der Waals surface area (Å²) in [6.45, 7) is 4.33. The monoisotopic (exact) mass is 287 g/mol. The Balaban J connectivity index is 2.53. The molecule has 0 radical (unpaired) electrons. The van der Waals surface area contributed by atoms with Crippen LogP contribution in [-0.2, 0) is 23.9 Å². The van der Waals surface area contributed by atoms with Crippen LogP contribution in [0.25, 0.3) is 0 Å². The molecule has 0 saturated carbocycles. The lowest BCUT2D eigenvalue weighted by atomic mass is 10.0. The predicted octanol–water partition coefficient (Wildman–Crippen LogP) is 0.182. The zero-order chi connectivity index (χ0) is 15.1. The number of amides is 1. The second kappa shape index (κ2) is 7.84. The van der Waals surface area contributed by atoms with Crippen LogP contribution < -0.4 is 5.32 Å². The van der Waals surface area contributed by atoms with Gasteiger partial charge in [-0.25, -0.2) is 4.79 Å². The SMILES string of the molecule is CCOC(=O)[C@@H](C)C[C@@H](NC(=O)[C@H]1CCOC1)C(=O)O. The van der Waals surface area contributed by atoms with Crippen LogP contribution in [-0.4, -0.2) is 48.8 Å². The van der Waals surface area contributed by atoms with E-state index in [0.717, 1.165) is 0 Å². The van der Waals surface area contributed by atoms with Gasteiger partial charge in [0.05, 0.1) is 25.0 Å². The molecule has 1 fully saturated rings. The van der Waals surface area contributed by atoms with Crippen LogP contribution in [0.2, 0.25) is 0 Å². The first-order chi connectivity index (χ1) is 9.45. The minimum atomic E-state index is -1.16. The first-order valence-electron chi connectivity index (χ1n) is 6.73. The van der Waals surface area contributed by atoms with E-state index in [2.05, 4.69) is 5.32 Å². The van der Waals surface area contributed by atoms with E-state index < -0.39 is 23.9 Å². The van der Waals surface area contributed by atoms with Crippen molar-refractivity contribution in [3.05, 3.63) is 0 Å². The van der Waals surface area contributed by atoms with E-state index >= 15 is 0 Å². The summed E-state index contributed by atoms with van der Waals surface area (Å²) in [6, 6.07) is -1.09. The molecule has 20 heavy (non-hydrogen) atoms. The van der Waals surface area contributed by atoms with Gasteiger partial charge < -0.3 is 19.9 Å². The quantitative estimate of drug-likeness (QED) is 0.648. The molecule has 1 rings (SSSR count). The standard InChI is InChI=1S/C13H21NO6/c1-3-20-13(18)8(2)6-10(12(16)17)14-11(15)9-4-5-19-7-9/h8-10H,3-7H2,1-2H3,(H,14,15)(H,16,17)/t8-,9-,10+/m0/s1. The van der Waals surface area contributed by atoms with Crippen LogP contribution in [0.4, 0.5) is 0 Å². The third-order valence-electron chi connectivity index (χ3n) is 3.19. The smallest absolute Gasteiger partial charge is 0.326 e. The Kier molecular flexibility index (Phi) is 6.44. The average molecular weight is 287 g/mol. The van der Waals surface area contributed by atoms with Crippen molar-refractivity contribution in [3.8, 4) is 0 Å². The lowest BCUT2D eigenvalue weighted by Crippen LogP contribution is -2.45. The van der Waals surface area contributed by atoms with Crippen molar-refractivity contribution >= 4 is 17.8 Å². The Morgan fingerprint density at radius 1 is 1.45 bits per heavy atom. The first kappa shape index (κ1) is 16.4. The van der Waals surface area contributed by atoms with Gasteiger partial charge in [-0.3, -0.25) is 9.59 Å². The third kappa shape index (κ3) is 4.80. The Morgan fingerprint density at radius 3 is 2.65 bits per heavy atom. The van der Waals surface area contributed by atoms with Crippen LogP contribution in [0, 0.1) is 11.8 Å². The summed E-state index contributed by atoms with van der Waals surface area (Å²) in [4.78, 5) is 34.5. The molecule has 0 unspecified atom stereocenters. The molecule has 2 N–H and O–H groups in total. The molecule has 1 heterocycles. The van der Waals surface area contributed by atoms with E-state index in [1.807, 2.05) is 0 Å². The van der Waals surface area contributed by atoms with Gasteiger partial charge in [-0.1, -0.05) is 6.92 Å². The molecule has 7 nitrogen and oxygen atoms in total. The first-order valence-corrected chi connectivity index (χ1v) is 6.73. The molecular formula is C13H21NO6. The van der Waals surface area contributed by atoms with Crippen molar-refractivity contribution in [2.24, 2.45) is 11.8 Å². The lowest BCUT2D eigenvalue weighted by Gasteiger charge is -2.19. The fraction of sp³-hybridized carbons (Fsp3) is 0.769. The van der Waals surface area contributed by atoms with E-state index in [9.17, 15) is 14.4 Å². The fourth-order valence-electron chi connectivity index (χ4n) is 1.99. The minimum absolute atomic E-state index is 0.00742. The van der Waals surface area contributed by atoms with Gasteiger partial charge in [0, 0.05) is 6.61 Å². The normalized spacial score (nSPS) is 21.0. The van der Waals surface area contributed by atoms with Crippen LogP contribution in [0.5, 0.6) is 0 Å². The molecule has 0 aromatic rings. The lowest BCUT2D eigenvalue weighted by molar-refractivity contribution is -0.149. The highest BCUT2D eigenvalue weighted by atomic mass is 16.5. The number of esters is 1. The second-order valence-electron chi connectivity index (χ2n) is 4.85. The summed E-state index contributed by atoms with van der Waals surface area (Å²) < 4.78 is 9.91. The number of hydrogen-bond donors (Lipinski definition) is 2. The number of ether oxygens (including phenoxy) is 2. The summed E-state index contributed by atoms with van der Waals surface area (Å²) in [7, 11) is 0. The zero-order valence-corrected chi connectivity index (χ0v) is 11.8. The average Bonchev–Trinajstić information content (AvgIpc) is 2.91. The molecule has 0 aliphatic carbocycles. The molecule has 3 atom stereocenters. The highest BCUT2D eigenvalue weighted by Gasteiger charge is 2.30. The second-order valence-corrected chi connectivity index (χ2v) is 4.85. The van der Waals surface area contributed by atoms with E-state index in [-0.39, 0.29) is 24.9 Å². The highest BCUT2D eigenvalue weighted by Crippen LogP contribution is 2.14. The minimum Gasteiger partial charge on any atom is -0.480 e. The third-order valence-corrected chi connectivity index (χ3v) is 3.19. The van der Waals surface area contributed by atoms with E-state index in [1.54, 1.807) is 13.8 Å². The molecule has 0 spiro atoms. The van der Waals surface area contributed by atoms with Gasteiger partial charge in [0.15, 0.2) is 0 Å². The van der Waals surface area contributed by atoms with E-state index in [0.29, 0.717) is 19.6 Å². The van der Waals surface area contributed by atoms with Gasteiger partial charge in [-0.15, -0.1) is 0 Å². The molecule has 0 aromatic carbocycles. The van der Waals surface area contributed by atoms with Gasteiger partial charge >= 0.3 is 11.9 Å². The van der Waals surface area contributed by atoms with E-state index in [1.165, 1.54) is 0 Å². The summed E-state index contributed by atoms with van der Waals surface area (Å²) in [6.07, 6.45) is 0.596.